The van der Waals surface area contributed by atoms with Crippen LogP contribution in [0.3, 0.4) is 0 Å². The number of morpholine rings is 1. The smallest absolute Gasteiger partial charge is 0.417 e. The van der Waals surface area contributed by atoms with Crippen LogP contribution in [0.2, 0.25) is 0 Å². The fourth-order valence-corrected chi connectivity index (χ4v) is 3.12. The highest BCUT2D eigenvalue weighted by Crippen LogP contribution is 2.33. The highest BCUT2D eigenvalue weighted by molar-refractivity contribution is 5.92. The van der Waals surface area contributed by atoms with Gasteiger partial charge in [-0.1, -0.05) is 6.07 Å². The number of hydrogen-bond donors (Lipinski definition) is 0. The van der Waals surface area contributed by atoms with Crippen LogP contribution in [0.4, 0.5) is 17.6 Å². The Hall–Kier alpha value is -3.47. The maximum Gasteiger partial charge on any atom is 0.417 e. The highest BCUT2D eigenvalue weighted by atomic mass is 19.4. The zero-order chi connectivity index (χ0) is 24.0. The minimum absolute atomic E-state index is 0.0516. The van der Waals surface area contributed by atoms with Crippen LogP contribution in [-0.4, -0.2) is 61.3 Å². The summed E-state index contributed by atoms with van der Waals surface area (Å²) in [5.74, 6) is -1.80. The number of ether oxygens (including phenoxy) is 3. The van der Waals surface area contributed by atoms with Crippen LogP contribution in [0.15, 0.2) is 42.7 Å². The van der Waals surface area contributed by atoms with Crippen LogP contribution < -0.4 is 4.74 Å². The molecule has 176 valence electrons. The Balaban J connectivity index is 1.61. The summed E-state index contributed by atoms with van der Waals surface area (Å²) >= 11 is 0. The molecular formula is C22H20F4N2O5. The molecule has 0 aliphatic carbocycles. The molecule has 1 amide bonds. The first-order chi connectivity index (χ1) is 15.7. The van der Waals surface area contributed by atoms with E-state index in [0.29, 0.717) is 11.8 Å². The van der Waals surface area contributed by atoms with Gasteiger partial charge in [0, 0.05) is 18.8 Å². The normalized spacial score (nSPS) is 16.6. The molecule has 1 aliphatic heterocycles. The van der Waals surface area contributed by atoms with Crippen LogP contribution in [-0.2, 0) is 20.4 Å². The summed E-state index contributed by atoms with van der Waals surface area (Å²) < 4.78 is 68.4. The number of carbonyl (C=O) groups is 2. The third-order valence-electron chi connectivity index (χ3n) is 4.75. The van der Waals surface area contributed by atoms with Crippen molar-refractivity contribution in [2.45, 2.75) is 12.3 Å². The van der Waals surface area contributed by atoms with Gasteiger partial charge in [0.05, 0.1) is 37.6 Å². The number of hydrogen-bond acceptors (Lipinski definition) is 6. The molecule has 1 aromatic heterocycles. The first-order valence-corrected chi connectivity index (χ1v) is 9.79. The fraction of sp³-hybridized carbons (Fsp3) is 0.318. The summed E-state index contributed by atoms with van der Waals surface area (Å²) in [6, 6.07) is 3.70. The van der Waals surface area contributed by atoms with Gasteiger partial charge in [-0.05, 0) is 29.8 Å². The summed E-state index contributed by atoms with van der Waals surface area (Å²) in [4.78, 5) is 29.4. The lowest BCUT2D eigenvalue weighted by molar-refractivity contribution is -0.138. The summed E-state index contributed by atoms with van der Waals surface area (Å²) in [6.45, 7) is 0.645. The van der Waals surface area contributed by atoms with Gasteiger partial charge in [-0.15, -0.1) is 0 Å². The Kier molecular flexibility index (Phi) is 7.64. The number of amides is 1. The molecule has 1 saturated heterocycles. The molecule has 1 unspecified atom stereocenters. The monoisotopic (exact) mass is 468 g/mol. The molecule has 1 fully saturated rings. The molecule has 0 N–H and O–H groups in total. The summed E-state index contributed by atoms with van der Waals surface area (Å²) in [7, 11) is 1.24. The van der Waals surface area contributed by atoms with Crippen molar-refractivity contribution in [2.24, 2.45) is 0 Å². The molecule has 0 spiro atoms. The van der Waals surface area contributed by atoms with Gasteiger partial charge < -0.3 is 19.1 Å². The van der Waals surface area contributed by atoms with E-state index in [4.69, 9.17) is 9.47 Å². The maximum absolute atomic E-state index is 13.2. The lowest BCUT2D eigenvalue weighted by Gasteiger charge is -2.32. The van der Waals surface area contributed by atoms with E-state index in [-0.39, 0.29) is 37.4 Å². The maximum atomic E-state index is 13.2. The average Bonchev–Trinajstić information content (AvgIpc) is 2.81. The number of aromatic nitrogens is 1. The van der Waals surface area contributed by atoms with Crippen molar-refractivity contribution >= 4 is 18.0 Å². The van der Waals surface area contributed by atoms with Crippen molar-refractivity contribution < 1.29 is 41.4 Å². The standard InChI is InChI=1S/C22H20F4N2O5/c1-31-21(30)15-8-17(11-27-10-15)33-13-18-12-28(6-7-32-18)20(29)5-3-14-2-4-16(23)9-19(14)22(24,25)26/h2-5,8-11,18H,6-7,12-13H2,1H3. The van der Waals surface area contributed by atoms with Crippen LogP contribution in [0.5, 0.6) is 5.75 Å². The average molecular weight is 468 g/mol. The van der Waals surface area contributed by atoms with E-state index in [9.17, 15) is 27.2 Å². The first kappa shape index (κ1) is 24.2. The van der Waals surface area contributed by atoms with Crippen molar-refractivity contribution in [1.82, 2.24) is 9.88 Å². The highest BCUT2D eigenvalue weighted by Gasteiger charge is 2.33. The largest absolute Gasteiger partial charge is 0.489 e. The molecular weight excluding hydrogens is 448 g/mol. The molecule has 1 aromatic carbocycles. The zero-order valence-corrected chi connectivity index (χ0v) is 17.5. The van der Waals surface area contributed by atoms with Gasteiger partial charge in [0.15, 0.2) is 0 Å². The van der Waals surface area contributed by atoms with Gasteiger partial charge in [-0.3, -0.25) is 9.78 Å². The second-order valence-corrected chi connectivity index (χ2v) is 7.05. The van der Waals surface area contributed by atoms with Gasteiger partial charge in [-0.2, -0.15) is 13.2 Å². The van der Waals surface area contributed by atoms with Crippen molar-refractivity contribution in [2.75, 3.05) is 33.4 Å². The zero-order valence-electron chi connectivity index (χ0n) is 17.5. The molecule has 0 saturated carbocycles. The minimum atomic E-state index is -4.76. The van der Waals surface area contributed by atoms with Gasteiger partial charge in [0.2, 0.25) is 5.91 Å². The van der Waals surface area contributed by atoms with Gasteiger partial charge >= 0.3 is 12.1 Å². The molecule has 1 atom stereocenters. The van der Waals surface area contributed by atoms with E-state index in [2.05, 4.69) is 9.72 Å². The third-order valence-corrected chi connectivity index (χ3v) is 4.75. The summed E-state index contributed by atoms with van der Waals surface area (Å²) in [5, 5.41) is 0. The molecule has 0 bridgehead atoms. The molecule has 2 aromatic rings. The molecule has 0 radical (unpaired) electrons. The number of carbonyl (C=O) groups excluding carboxylic acids is 2. The third kappa shape index (κ3) is 6.51. The van der Waals surface area contributed by atoms with E-state index in [0.717, 1.165) is 24.3 Å². The van der Waals surface area contributed by atoms with Crippen LogP contribution in [0.25, 0.3) is 6.08 Å². The number of methoxy groups -OCH3 is 1. The lowest BCUT2D eigenvalue weighted by Crippen LogP contribution is -2.47. The number of benzene rings is 1. The number of rotatable bonds is 6. The van der Waals surface area contributed by atoms with Gasteiger partial charge in [-0.25, -0.2) is 9.18 Å². The van der Waals surface area contributed by atoms with Gasteiger partial charge in [0.1, 0.15) is 24.3 Å². The molecule has 7 nitrogen and oxygen atoms in total. The van der Waals surface area contributed by atoms with Crippen molar-refractivity contribution in [3.8, 4) is 5.75 Å². The molecule has 33 heavy (non-hydrogen) atoms. The molecule has 11 heteroatoms. The Morgan fingerprint density at radius 2 is 2.06 bits per heavy atom. The molecule has 1 aliphatic rings. The summed E-state index contributed by atoms with van der Waals surface area (Å²) in [5.41, 5.74) is -1.27. The predicted molar refractivity (Wildman–Crippen MR) is 108 cm³/mol. The van der Waals surface area contributed by atoms with Crippen LogP contribution in [0.1, 0.15) is 21.5 Å². The van der Waals surface area contributed by atoms with E-state index >= 15 is 0 Å². The molecule has 3 rings (SSSR count). The Bertz CT molecular complexity index is 1040. The topological polar surface area (TPSA) is 78.0 Å². The van der Waals surface area contributed by atoms with Crippen LogP contribution >= 0.6 is 0 Å². The lowest BCUT2D eigenvalue weighted by atomic mass is 10.1. The number of alkyl halides is 3. The Labute approximate surface area is 186 Å². The van der Waals surface area contributed by atoms with E-state index in [1.807, 2.05) is 0 Å². The summed E-state index contributed by atoms with van der Waals surface area (Å²) in [6.07, 6.45) is -0.512. The number of nitrogens with zero attached hydrogens (tertiary/aromatic N) is 2. The Morgan fingerprint density at radius 1 is 1.27 bits per heavy atom. The fourth-order valence-electron chi connectivity index (χ4n) is 3.12. The number of pyridine rings is 1. The van der Waals surface area contributed by atoms with E-state index < -0.39 is 35.5 Å². The second kappa shape index (κ2) is 10.4. The predicted octanol–water partition coefficient (Wildman–Crippen LogP) is 3.35. The first-order valence-electron chi connectivity index (χ1n) is 9.79. The SMILES string of the molecule is COC(=O)c1cncc(OCC2CN(C(=O)C=Cc3ccc(F)cc3C(F)(F)F)CCO2)c1. The van der Waals surface area contributed by atoms with Crippen LogP contribution in [0, 0.1) is 5.82 Å². The van der Waals surface area contributed by atoms with Crippen molar-refractivity contribution in [1.29, 1.82) is 0 Å². The van der Waals surface area contributed by atoms with E-state index in [1.165, 1.54) is 30.5 Å². The number of halogens is 4. The van der Waals surface area contributed by atoms with E-state index in [1.54, 1.807) is 0 Å². The second-order valence-electron chi connectivity index (χ2n) is 7.05. The van der Waals surface area contributed by atoms with Crippen molar-refractivity contribution in [3.63, 3.8) is 0 Å². The van der Waals surface area contributed by atoms with Crippen molar-refractivity contribution in [3.05, 3.63) is 65.2 Å². The minimum Gasteiger partial charge on any atom is -0.489 e. The number of esters is 1. The van der Waals surface area contributed by atoms with Gasteiger partial charge in [0.25, 0.3) is 0 Å². The Morgan fingerprint density at radius 3 is 2.79 bits per heavy atom. The quantitative estimate of drug-likeness (QED) is 0.368. The molecule has 2 heterocycles.